The fourth-order valence-corrected chi connectivity index (χ4v) is 1.77. The highest BCUT2D eigenvalue weighted by atomic mass is 16.6. The molecule has 0 aromatic rings. The van der Waals surface area contributed by atoms with Gasteiger partial charge in [-0.2, -0.15) is 0 Å². The van der Waals surface area contributed by atoms with Crippen LogP contribution in [0.5, 0.6) is 0 Å². The van der Waals surface area contributed by atoms with E-state index in [4.69, 9.17) is 18.9 Å². The Labute approximate surface area is 175 Å². The van der Waals surface area contributed by atoms with Crippen molar-refractivity contribution in [3.8, 4) is 0 Å². The fraction of sp³-hybridized carbons (Fsp3) is 0.684. The summed E-state index contributed by atoms with van der Waals surface area (Å²) in [6.45, 7) is 6.64. The van der Waals surface area contributed by atoms with Crippen LogP contribution in [0.25, 0.3) is 0 Å². The van der Waals surface area contributed by atoms with Crippen molar-refractivity contribution in [2.75, 3.05) is 66.1 Å². The molecule has 0 amide bonds. The maximum atomic E-state index is 10.8. The molecule has 0 aliphatic rings. The van der Waals surface area contributed by atoms with Gasteiger partial charge in [0.05, 0.1) is 52.9 Å². The molecule has 30 heavy (non-hydrogen) atoms. The average Bonchev–Trinajstić information content (AvgIpc) is 2.76. The molecule has 0 saturated carbocycles. The van der Waals surface area contributed by atoms with Crippen molar-refractivity contribution in [2.45, 2.75) is 18.3 Å². The second-order valence-corrected chi connectivity index (χ2v) is 5.88. The predicted octanol–water partition coefficient (Wildman–Crippen LogP) is -1.41. The largest absolute Gasteiger partial charge is 0.460 e. The van der Waals surface area contributed by atoms with Crippen LogP contribution in [0, 0.1) is 0 Å². The SMILES string of the molecule is C=CC(=O)OCC(O)COCCOCC(CO)OCCOCC(O)COC(=O)C=C. The van der Waals surface area contributed by atoms with Gasteiger partial charge in [-0.3, -0.25) is 0 Å². The van der Waals surface area contributed by atoms with Gasteiger partial charge in [-0.1, -0.05) is 13.2 Å². The van der Waals surface area contributed by atoms with Crippen molar-refractivity contribution in [1.29, 1.82) is 0 Å². The first-order valence-electron chi connectivity index (χ1n) is 9.33. The molecule has 11 heteroatoms. The van der Waals surface area contributed by atoms with Crippen LogP contribution in [-0.4, -0.2) is 112 Å². The molecule has 3 unspecified atom stereocenters. The van der Waals surface area contributed by atoms with E-state index in [9.17, 15) is 24.9 Å². The molecule has 3 atom stereocenters. The zero-order valence-corrected chi connectivity index (χ0v) is 17.0. The molecule has 0 spiro atoms. The summed E-state index contributed by atoms with van der Waals surface area (Å²) in [4.78, 5) is 21.7. The minimum Gasteiger partial charge on any atom is -0.460 e. The lowest BCUT2D eigenvalue weighted by Gasteiger charge is -2.17. The fourth-order valence-electron chi connectivity index (χ4n) is 1.77. The van der Waals surface area contributed by atoms with Crippen LogP contribution in [0.2, 0.25) is 0 Å². The first kappa shape index (κ1) is 28.1. The number of hydrogen-bond donors (Lipinski definition) is 3. The maximum absolute atomic E-state index is 10.8. The Hall–Kier alpha value is -1.86. The van der Waals surface area contributed by atoms with E-state index in [1.807, 2.05) is 0 Å². The van der Waals surface area contributed by atoms with Gasteiger partial charge in [0.2, 0.25) is 0 Å². The lowest BCUT2D eigenvalue weighted by molar-refractivity contribution is -0.143. The Bertz CT molecular complexity index is 483. The first-order valence-corrected chi connectivity index (χ1v) is 9.33. The molecule has 0 fully saturated rings. The maximum Gasteiger partial charge on any atom is 0.330 e. The third-order valence-corrected chi connectivity index (χ3v) is 3.25. The van der Waals surface area contributed by atoms with Gasteiger partial charge in [-0.15, -0.1) is 0 Å². The van der Waals surface area contributed by atoms with Crippen molar-refractivity contribution < 1.29 is 53.3 Å². The minimum atomic E-state index is -0.960. The second-order valence-electron chi connectivity index (χ2n) is 5.88. The molecule has 0 bridgehead atoms. The van der Waals surface area contributed by atoms with E-state index in [-0.39, 0.29) is 66.1 Å². The highest BCUT2D eigenvalue weighted by Gasteiger charge is 2.10. The Kier molecular flexibility index (Phi) is 17.9. The zero-order chi connectivity index (χ0) is 22.6. The number of aliphatic hydroxyl groups is 3. The Morgan fingerprint density at radius 3 is 1.60 bits per heavy atom. The molecule has 0 radical (unpaired) electrons. The summed E-state index contributed by atoms with van der Waals surface area (Å²) in [5, 5.41) is 28.3. The molecule has 0 aromatic carbocycles. The normalized spacial score (nSPS) is 13.8. The van der Waals surface area contributed by atoms with Crippen LogP contribution in [-0.2, 0) is 38.0 Å². The zero-order valence-electron chi connectivity index (χ0n) is 17.0. The molecule has 174 valence electrons. The predicted molar refractivity (Wildman–Crippen MR) is 104 cm³/mol. The number of hydrogen-bond acceptors (Lipinski definition) is 11. The van der Waals surface area contributed by atoms with Crippen LogP contribution in [0.15, 0.2) is 25.3 Å². The van der Waals surface area contributed by atoms with Crippen LogP contribution >= 0.6 is 0 Å². The van der Waals surface area contributed by atoms with Crippen LogP contribution in [0.3, 0.4) is 0 Å². The summed E-state index contributed by atoms with van der Waals surface area (Å²) >= 11 is 0. The smallest absolute Gasteiger partial charge is 0.330 e. The van der Waals surface area contributed by atoms with E-state index in [0.29, 0.717) is 0 Å². The summed E-state index contributed by atoms with van der Waals surface area (Å²) in [5.41, 5.74) is 0. The minimum absolute atomic E-state index is 0.0241. The number of esters is 2. The Balaban J connectivity index is 3.61. The Morgan fingerprint density at radius 2 is 1.17 bits per heavy atom. The molecule has 0 rings (SSSR count). The van der Waals surface area contributed by atoms with Crippen molar-refractivity contribution in [2.24, 2.45) is 0 Å². The molecule has 0 aromatic heterocycles. The molecule has 0 aliphatic carbocycles. The molecular weight excluding hydrogens is 404 g/mol. The molecule has 3 N–H and O–H groups in total. The summed E-state index contributed by atoms with van der Waals surface area (Å²) in [7, 11) is 0. The van der Waals surface area contributed by atoms with Crippen LogP contribution in [0.4, 0.5) is 0 Å². The quantitative estimate of drug-likeness (QED) is 0.117. The molecule has 0 saturated heterocycles. The summed E-state index contributed by atoms with van der Waals surface area (Å²) in [6, 6.07) is 0. The number of aliphatic hydroxyl groups excluding tert-OH is 3. The van der Waals surface area contributed by atoms with Crippen molar-refractivity contribution in [1.82, 2.24) is 0 Å². The van der Waals surface area contributed by atoms with E-state index >= 15 is 0 Å². The van der Waals surface area contributed by atoms with Crippen molar-refractivity contribution >= 4 is 11.9 Å². The number of ether oxygens (including phenoxy) is 6. The van der Waals surface area contributed by atoms with Gasteiger partial charge in [0, 0.05) is 12.2 Å². The van der Waals surface area contributed by atoms with Gasteiger partial charge in [0.25, 0.3) is 0 Å². The van der Waals surface area contributed by atoms with Gasteiger partial charge >= 0.3 is 11.9 Å². The average molecular weight is 436 g/mol. The lowest BCUT2D eigenvalue weighted by atomic mass is 10.4. The topological polar surface area (TPSA) is 150 Å². The van der Waals surface area contributed by atoms with Crippen LogP contribution in [0.1, 0.15) is 0 Å². The highest BCUT2D eigenvalue weighted by molar-refractivity contribution is 5.81. The van der Waals surface area contributed by atoms with E-state index in [2.05, 4.69) is 22.6 Å². The highest BCUT2D eigenvalue weighted by Crippen LogP contribution is 1.96. The van der Waals surface area contributed by atoms with E-state index < -0.39 is 30.3 Å². The van der Waals surface area contributed by atoms with Gasteiger partial charge in [-0.25, -0.2) is 9.59 Å². The van der Waals surface area contributed by atoms with E-state index in [1.165, 1.54) is 0 Å². The molecule has 11 nitrogen and oxygen atoms in total. The molecular formula is C19H32O11. The van der Waals surface area contributed by atoms with Gasteiger partial charge in [0.1, 0.15) is 31.5 Å². The molecule has 0 aliphatic heterocycles. The second kappa shape index (κ2) is 19.1. The first-order chi connectivity index (χ1) is 14.4. The Morgan fingerprint density at radius 1 is 0.733 bits per heavy atom. The standard InChI is InChI=1S/C19H32O11/c1-3-18(23)29-12-15(21)10-25-5-6-27-14-17(9-20)28-8-7-26-11-16(22)13-30-19(24)4-2/h3-4,15-17,20-22H,1-2,5-14H2. The van der Waals surface area contributed by atoms with Gasteiger partial charge in [0.15, 0.2) is 0 Å². The third-order valence-electron chi connectivity index (χ3n) is 3.25. The van der Waals surface area contributed by atoms with Crippen molar-refractivity contribution in [3.05, 3.63) is 25.3 Å². The van der Waals surface area contributed by atoms with Crippen molar-refractivity contribution in [3.63, 3.8) is 0 Å². The van der Waals surface area contributed by atoms with E-state index in [1.54, 1.807) is 0 Å². The van der Waals surface area contributed by atoms with Crippen LogP contribution < -0.4 is 0 Å². The number of carbonyl (C=O) groups excluding carboxylic acids is 2. The lowest BCUT2D eigenvalue weighted by Crippen LogP contribution is -2.28. The number of carbonyl (C=O) groups is 2. The third kappa shape index (κ3) is 17.0. The van der Waals surface area contributed by atoms with Gasteiger partial charge < -0.3 is 43.7 Å². The van der Waals surface area contributed by atoms with Gasteiger partial charge in [-0.05, 0) is 0 Å². The monoisotopic (exact) mass is 436 g/mol. The summed E-state index contributed by atoms with van der Waals surface area (Å²) in [6.07, 6.45) is -0.470. The number of rotatable bonds is 20. The van der Waals surface area contributed by atoms with E-state index in [0.717, 1.165) is 12.2 Å². The summed E-state index contributed by atoms with van der Waals surface area (Å²) in [5.74, 6) is -1.25. The molecule has 0 heterocycles. The summed E-state index contributed by atoms with van der Waals surface area (Å²) < 4.78 is 30.4.